The normalized spacial score (nSPS) is 14.7. The molecule has 0 saturated heterocycles. The number of sulfonamides is 1. The molecule has 0 spiro atoms. The third kappa shape index (κ3) is 6.10. The van der Waals surface area contributed by atoms with E-state index in [4.69, 9.17) is 11.6 Å². The van der Waals surface area contributed by atoms with E-state index in [0.29, 0.717) is 11.6 Å². The summed E-state index contributed by atoms with van der Waals surface area (Å²) in [5.41, 5.74) is 5.32. The molecule has 1 fully saturated rings. The molecule has 4 rings (SSSR count). The summed E-state index contributed by atoms with van der Waals surface area (Å²) in [6.07, 6.45) is 4.48. The van der Waals surface area contributed by atoms with Gasteiger partial charge in [-0.25, -0.2) is 13.1 Å². The van der Waals surface area contributed by atoms with Crippen LogP contribution in [0, 0.1) is 6.92 Å². The highest BCUT2D eigenvalue weighted by Gasteiger charge is 2.19. The lowest BCUT2D eigenvalue weighted by atomic mass is 9.84. The molecular formula is C28H34ClN3O4S. The van der Waals surface area contributed by atoms with E-state index in [9.17, 15) is 18.6 Å². The number of anilines is 4. The molecule has 0 amide bonds. The van der Waals surface area contributed by atoms with E-state index in [0.717, 1.165) is 27.6 Å². The predicted molar refractivity (Wildman–Crippen MR) is 150 cm³/mol. The van der Waals surface area contributed by atoms with E-state index in [1.165, 1.54) is 62.9 Å². The Kier molecular flexibility index (Phi) is 8.46. The number of nitrogens with one attached hydrogen (secondary N) is 2. The second-order valence-electron chi connectivity index (χ2n) is 9.56. The van der Waals surface area contributed by atoms with Crippen molar-refractivity contribution in [1.29, 1.82) is 0 Å². The van der Waals surface area contributed by atoms with Crippen molar-refractivity contribution < 1.29 is 18.6 Å². The summed E-state index contributed by atoms with van der Waals surface area (Å²) >= 11 is 6.73. The molecular weight excluding hydrogens is 510 g/mol. The van der Waals surface area contributed by atoms with Crippen LogP contribution in [0.5, 0.6) is 0 Å². The van der Waals surface area contributed by atoms with Gasteiger partial charge in [-0.1, -0.05) is 36.9 Å². The number of aliphatic hydroxyl groups excluding tert-OH is 1. The minimum Gasteiger partial charge on any atom is -0.364 e. The SMILES string of the molecule is CNS(=O)(=O)c1ccc(Nc2ccc(N(C)c3ccc(C4CCCCC4)cc3Cl)cc2C)c(C(O)O)c1. The van der Waals surface area contributed by atoms with Gasteiger partial charge in [0.2, 0.25) is 10.0 Å². The Morgan fingerprint density at radius 2 is 1.68 bits per heavy atom. The van der Waals surface area contributed by atoms with Gasteiger partial charge in [0.25, 0.3) is 0 Å². The Morgan fingerprint density at radius 3 is 2.30 bits per heavy atom. The topological polar surface area (TPSA) is 102 Å². The first-order chi connectivity index (χ1) is 17.6. The molecule has 1 saturated carbocycles. The molecule has 4 N–H and O–H groups in total. The predicted octanol–water partition coefficient (Wildman–Crippen LogP) is 6.10. The Morgan fingerprint density at radius 1 is 0.973 bits per heavy atom. The Labute approximate surface area is 224 Å². The van der Waals surface area contributed by atoms with Gasteiger partial charge in [0.1, 0.15) is 0 Å². The van der Waals surface area contributed by atoms with Crippen LogP contribution >= 0.6 is 11.6 Å². The third-order valence-corrected chi connectivity index (χ3v) is 8.87. The maximum Gasteiger partial charge on any atom is 0.240 e. The minimum absolute atomic E-state index is 0.0521. The molecule has 198 valence electrons. The monoisotopic (exact) mass is 543 g/mol. The van der Waals surface area contributed by atoms with Crippen molar-refractivity contribution in [1.82, 2.24) is 4.72 Å². The standard InChI is InChI=1S/C28H34ClN3O4S/c1-18-15-21(32(3)27-14-9-20(16-24(27)29)19-7-5-4-6-8-19)10-12-25(18)31-26-13-11-22(37(35,36)30-2)17-23(26)28(33)34/h9-17,19,28,30-31,33-34H,4-8H2,1-3H3. The number of nitrogens with zero attached hydrogens (tertiary/aromatic N) is 1. The zero-order valence-electron chi connectivity index (χ0n) is 21.3. The number of halogens is 1. The molecule has 3 aromatic carbocycles. The van der Waals surface area contributed by atoms with Crippen LogP contribution in [0.15, 0.2) is 59.5 Å². The maximum atomic E-state index is 12.1. The van der Waals surface area contributed by atoms with Gasteiger partial charge in [-0.3, -0.25) is 0 Å². The van der Waals surface area contributed by atoms with Crippen LogP contribution < -0.4 is 14.9 Å². The summed E-state index contributed by atoms with van der Waals surface area (Å²) in [5, 5.41) is 23.7. The molecule has 9 heteroatoms. The van der Waals surface area contributed by atoms with Crippen molar-refractivity contribution in [3.8, 4) is 0 Å². The second-order valence-corrected chi connectivity index (χ2v) is 11.9. The number of benzene rings is 3. The molecule has 0 bridgehead atoms. The lowest BCUT2D eigenvalue weighted by Gasteiger charge is -2.25. The first kappa shape index (κ1) is 27.4. The Balaban J connectivity index is 1.56. The largest absolute Gasteiger partial charge is 0.364 e. The smallest absolute Gasteiger partial charge is 0.240 e. The van der Waals surface area contributed by atoms with Gasteiger partial charge in [0.15, 0.2) is 6.29 Å². The number of hydrogen-bond acceptors (Lipinski definition) is 6. The van der Waals surface area contributed by atoms with E-state index in [-0.39, 0.29) is 10.5 Å². The summed E-state index contributed by atoms with van der Waals surface area (Å²) in [5.74, 6) is 0.591. The first-order valence-electron chi connectivity index (χ1n) is 12.4. The summed E-state index contributed by atoms with van der Waals surface area (Å²) in [7, 11) is -0.444. The molecule has 0 radical (unpaired) electrons. The molecule has 0 aliphatic heterocycles. The lowest BCUT2D eigenvalue weighted by Crippen LogP contribution is -2.19. The second kappa shape index (κ2) is 11.4. The van der Waals surface area contributed by atoms with Gasteiger partial charge in [0, 0.05) is 29.7 Å². The quantitative estimate of drug-likeness (QED) is 0.256. The fourth-order valence-electron chi connectivity index (χ4n) is 4.92. The average Bonchev–Trinajstić information content (AvgIpc) is 2.89. The van der Waals surface area contributed by atoms with Crippen LogP contribution in [0.4, 0.5) is 22.7 Å². The van der Waals surface area contributed by atoms with Crippen LogP contribution in [0.25, 0.3) is 0 Å². The van der Waals surface area contributed by atoms with Crippen LogP contribution in [-0.4, -0.2) is 32.7 Å². The molecule has 0 heterocycles. The molecule has 3 aromatic rings. The maximum absolute atomic E-state index is 12.1. The van der Waals surface area contributed by atoms with E-state index in [1.54, 1.807) is 0 Å². The highest BCUT2D eigenvalue weighted by atomic mass is 35.5. The van der Waals surface area contributed by atoms with Crippen molar-refractivity contribution >= 4 is 44.4 Å². The molecule has 0 atom stereocenters. The summed E-state index contributed by atoms with van der Waals surface area (Å²) in [6.45, 7) is 1.95. The fourth-order valence-corrected chi connectivity index (χ4v) is 6.00. The summed E-state index contributed by atoms with van der Waals surface area (Å²) < 4.78 is 26.5. The van der Waals surface area contributed by atoms with E-state index >= 15 is 0 Å². The third-order valence-electron chi connectivity index (χ3n) is 7.16. The molecule has 37 heavy (non-hydrogen) atoms. The van der Waals surface area contributed by atoms with Crippen molar-refractivity contribution in [2.75, 3.05) is 24.3 Å². The summed E-state index contributed by atoms with van der Waals surface area (Å²) in [6, 6.07) is 16.4. The van der Waals surface area contributed by atoms with Crippen LogP contribution in [0.1, 0.15) is 61.0 Å². The van der Waals surface area contributed by atoms with E-state index < -0.39 is 16.3 Å². The van der Waals surface area contributed by atoms with Gasteiger partial charge in [0.05, 0.1) is 15.6 Å². The minimum atomic E-state index is -3.72. The van der Waals surface area contributed by atoms with Gasteiger partial charge >= 0.3 is 0 Å². The van der Waals surface area contributed by atoms with E-state index in [2.05, 4.69) is 28.2 Å². The number of hydrogen-bond donors (Lipinski definition) is 4. The van der Waals surface area contributed by atoms with Crippen molar-refractivity contribution in [3.63, 3.8) is 0 Å². The zero-order chi connectivity index (χ0) is 26.7. The van der Waals surface area contributed by atoms with Crippen LogP contribution in [0.3, 0.4) is 0 Å². The molecule has 7 nitrogen and oxygen atoms in total. The number of rotatable bonds is 8. The number of aryl methyl sites for hydroxylation is 1. The Bertz CT molecular complexity index is 1370. The van der Waals surface area contributed by atoms with Gasteiger partial charge in [-0.05, 0) is 92.4 Å². The molecule has 0 aromatic heterocycles. The van der Waals surface area contributed by atoms with Gasteiger partial charge in [-0.2, -0.15) is 0 Å². The highest BCUT2D eigenvalue weighted by Crippen LogP contribution is 2.38. The van der Waals surface area contributed by atoms with Crippen molar-refractivity contribution in [2.24, 2.45) is 0 Å². The van der Waals surface area contributed by atoms with Crippen LogP contribution in [0.2, 0.25) is 5.02 Å². The van der Waals surface area contributed by atoms with Gasteiger partial charge < -0.3 is 20.4 Å². The van der Waals surface area contributed by atoms with E-state index in [1.807, 2.05) is 37.1 Å². The van der Waals surface area contributed by atoms with Crippen molar-refractivity contribution in [3.05, 3.63) is 76.3 Å². The Hall–Kier alpha value is -2.62. The number of aliphatic hydroxyl groups is 2. The zero-order valence-corrected chi connectivity index (χ0v) is 22.9. The lowest BCUT2D eigenvalue weighted by molar-refractivity contribution is -0.0420. The first-order valence-corrected chi connectivity index (χ1v) is 14.3. The van der Waals surface area contributed by atoms with Crippen molar-refractivity contribution in [2.45, 2.75) is 56.1 Å². The van der Waals surface area contributed by atoms with Gasteiger partial charge in [-0.15, -0.1) is 0 Å². The average molecular weight is 544 g/mol. The summed E-state index contributed by atoms with van der Waals surface area (Å²) in [4.78, 5) is 1.99. The fraction of sp³-hybridized carbons (Fsp3) is 0.357. The molecule has 1 aliphatic carbocycles. The van der Waals surface area contributed by atoms with Crippen LogP contribution in [-0.2, 0) is 10.0 Å². The molecule has 1 aliphatic rings. The highest BCUT2D eigenvalue weighted by molar-refractivity contribution is 7.89. The molecule has 0 unspecified atom stereocenters.